The maximum atomic E-state index is 9.12. The first-order valence-electron chi connectivity index (χ1n) is 11.0. The molecule has 0 radical (unpaired) electrons. The molecule has 4 rings (SSSR count). The second kappa shape index (κ2) is 9.98. The van der Waals surface area contributed by atoms with E-state index in [9.17, 15) is 0 Å². The monoisotopic (exact) mass is 405 g/mol. The van der Waals surface area contributed by atoms with E-state index in [0.29, 0.717) is 19.3 Å². The van der Waals surface area contributed by atoms with Gasteiger partial charge in [0.2, 0.25) is 0 Å². The molecular weight excluding hydrogens is 370 g/mol. The van der Waals surface area contributed by atoms with Crippen LogP contribution < -0.4 is 14.2 Å². The van der Waals surface area contributed by atoms with Crippen LogP contribution in [0, 0.1) is 0 Å². The molecule has 162 valence electrons. The van der Waals surface area contributed by atoms with Gasteiger partial charge in [0.05, 0.1) is 26.9 Å². The van der Waals surface area contributed by atoms with Crippen LogP contribution in [0.2, 0.25) is 0 Å². The summed E-state index contributed by atoms with van der Waals surface area (Å²) in [6, 6.07) is 4.77. The fraction of sp³-hybridized carbons (Fsp3) is 0.727. The predicted octanol–water partition coefficient (Wildman–Crippen LogP) is 1.43. The van der Waals surface area contributed by atoms with Crippen LogP contribution >= 0.6 is 0 Å². The van der Waals surface area contributed by atoms with Gasteiger partial charge in [-0.15, -0.1) is 0 Å². The maximum absolute atomic E-state index is 9.12. The molecule has 0 unspecified atom stereocenters. The molecule has 3 aliphatic rings. The van der Waals surface area contributed by atoms with Crippen LogP contribution in [0.1, 0.15) is 24.8 Å². The van der Waals surface area contributed by atoms with Gasteiger partial charge in [-0.2, -0.15) is 0 Å². The van der Waals surface area contributed by atoms with Gasteiger partial charge in [-0.3, -0.25) is 14.7 Å². The molecule has 7 nitrogen and oxygen atoms in total. The lowest BCUT2D eigenvalue weighted by molar-refractivity contribution is 0.0515. The second-order valence-electron chi connectivity index (χ2n) is 8.27. The summed E-state index contributed by atoms with van der Waals surface area (Å²) in [5.41, 5.74) is 1.17. The van der Waals surface area contributed by atoms with Crippen molar-refractivity contribution in [3.05, 3.63) is 17.7 Å². The first kappa shape index (κ1) is 20.7. The third-order valence-electron chi connectivity index (χ3n) is 6.44. The van der Waals surface area contributed by atoms with Crippen LogP contribution in [-0.4, -0.2) is 98.6 Å². The van der Waals surface area contributed by atoms with Gasteiger partial charge in [0, 0.05) is 63.4 Å². The molecule has 7 heteroatoms. The summed E-state index contributed by atoms with van der Waals surface area (Å²) < 4.78 is 17.3. The van der Waals surface area contributed by atoms with E-state index in [1.807, 2.05) is 6.07 Å². The number of methoxy groups -OCH3 is 1. The Balaban J connectivity index is 1.31. The number of piperidine rings is 1. The number of β-amino-alcohol motifs (C(OH)–C–C–N with tert-alkyl or cyclic N) is 1. The first-order valence-corrected chi connectivity index (χ1v) is 11.0. The van der Waals surface area contributed by atoms with Crippen molar-refractivity contribution in [1.82, 2.24) is 14.7 Å². The summed E-state index contributed by atoms with van der Waals surface area (Å²) in [5.74, 6) is 2.52. The van der Waals surface area contributed by atoms with Gasteiger partial charge in [0.15, 0.2) is 11.5 Å². The Labute approximate surface area is 174 Å². The number of fused-ring (bicyclic) bond motifs is 1. The predicted molar refractivity (Wildman–Crippen MR) is 112 cm³/mol. The van der Waals surface area contributed by atoms with Gasteiger partial charge in [-0.1, -0.05) is 0 Å². The summed E-state index contributed by atoms with van der Waals surface area (Å²) in [6.45, 7) is 9.99. The van der Waals surface area contributed by atoms with Crippen LogP contribution in [0.5, 0.6) is 17.2 Å². The fourth-order valence-corrected chi connectivity index (χ4v) is 4.72. The average molecular weight is 406 g/mol. The third-order valence-corrected chi connectivity index (χ3v) is 6.44. The number of piperazine rings is 1. The van der Waals surface area contributed by atoms with E-state index >= 15 is 0 Å². The quantitative estimate of drug-likeness (QED) is 0.768. The number of hydrogen-bond donors (Lipinski definition) is 1. The number of ether oxygens (including phenoxy) is 3. The molecule has 1 N–H and O–H groups in total. The average Bonchev–Trinajstić information content (AvgIpc) is 2.99. The molecule has 0 aliphatic carbocycles. The van der Waals surface area contributed by atoms with Crippen molar-refractivity contribution in [3.8, 4) is 17.2 Å². The van der Waals surface area contributed by atoms with Gasteiger partial charge in [-0.25, -0.2) is 0 Å². The van der Waals surface area contributed by atoms with Crippen LogP contribution in [0.15, 0.2) is 12.1 Å². The molecule has 1 aromatic rings. The maximum Gasteiger partial charge on any atom is 0.164 e. The molecule has 29 heavy (non-hydrogen) atoms. The van der Waals surface area contributed by atoms with Crippen molar-refractivity contribution in [2.24, 2.45) is 0 Å². The molecule has 0 amide bonds. The van der Waals surface area contributed by atoms with Crippen molar-refractivity contribution < 1.29 is 19.3 Å². The van der Waals surface area contributed by atoms with Crippen LogP contribution in [-0.2, 0) is 6.54 Å². The highest BCUT2D eigenvalue weighted by atomic mass is 16.5. The molecule has 0 atom stereocenters. The Morgan fingerprint density at radius 3 is 2.31 bits per heavy atom. The highest BCUT2D eigenvalue weighted by molar-refractivity contribution is 5.51. The Bertz CT molecular complexity index is 656. The molecule has 0 spiro atoms. The number of nitrogens with zero attached hydrogens (tertiary/aromatic N) is 3. The van der Waals surface area contributed by atoms with Crippen molar-refractivity contribution in [2.45, 2.75) is 31.8 Å². The Morgan fingerprint density at radius 1 is 0.966 bits per heavy atom. The smallest absolute Gasteiger partial charge is 0.164 e. The Morgan fingerprint density at radius 2 is 1.66 bits per heavy atom. The summed E-state index contributed by atoms with van der Waals surface area (Å²) in [5, 5.41) is 9.12. The minimum Gasteiger partial charge on any atom is -0.496 e. The zero-order chi connectivity index (χ0) is 20.1. The van der Waals surface area contributed by atoms with E-state index in [1.165, 1.54) is 18.4 Å². The number of benzene rings is 1. The Hall–Kier alpha value is -1.54. The second-order valence-corrected chi connectivity index (χ2v) is 8.27. The molecule has 3 aliphatic heterocycles. The SMILES string of the molecule is COc1cc2c(cc1CN1CCC(N3CCN(CCO)CC3)CC1)OCCCO2. The van der Waals surface area contributed by atoms with Crippen LogP contribution in [0.3, 0.4) is 0 Å². The van der Waals surface area contributed by atoms with E-state index < -0.39 is 0 Å². The van der Waals surface area contributed by atoms with E-state index in [-0.39, 0.29) is 6.61 Å². The zero-order valence-corrected chi connectivity index (χ0v) is 17.6. The number of rotatable bonds is 6. The summed E-state index contributed by atoms with van der Waals surface area (Å²) in [4.78, 5) is 7.54. The molecule has 1 aromatic carbocycles. The lowest BCUT2D eigenvalue weighted by Crippen LogP contribution is -2.53. The Kier molecular flexibility index (Phi) is 7.13. The minimum atomic E-state index is 0.266. The zero-order valence-electron chi connectivity index (χ0n) is 17.6. The lowest BCUT2D eigenvalue weighted by atomic mass is 10.0. The van der Waals surface area contributed by atoms with Crippen molar-refractivity contribution >= 4 is 0 Å². The highest BCUT2D eigenvalue weighted by Gasteiger charge is 2.28. The highest BCUT2D eigenvalue weighted by Crippen LogP contribution is 2.37. The molecule has 0 bridgehead atoms. The summed E-state index contributed by atoms with van der Waals surface area (Å²) in [7, 11) is 1.73. The molecule has 0 saturated carbocycles. The van der Waals surface area contributed by atoms with Crippen molar-refractivity contribution in [1.29, 1.82) is 0 Å². The third kappa shape index (κ3) is 5.15. The van der Waals surface area contributed by atoms with Gasteiger partial charge < -0.3 is 19.3 Å². The molecule has 2 fully saturated rings. The lowest BCUT2D eigenvalue weighted by Gasteiger charge is -2.42. The first-order chi connectivity index (χ1) is 14.3. The standard InChI is InChI=1S/C22H35N3O4/c1-27-20-16-22-21(28-13-2-14-29-22)15-18(20)17-24-5-3-19(4-6-24)25-9-7-23(8-10-25)11-12-26/h15-16,19,26H,2-14,17H2,1H3. The normalized spacial score (nSPS) is 22.4. The number of aliphatic hydroxyl groups excluding tert-OH is 1. The van der Waals surface area contributed by atoms with Crippen molar-refractivity contribution in [3.63, 3.8) is 0 Å². The van der Waals surface area contributed by atoms with E-state index in [0.717, 1.165) is 76.0 Å². The van der Waals surface area contributed by atoms with E-state index in [4.69, 9.17) is 19.3 Å². The summed E-state index contributed by atoms with van der Waals surface area (Å²) >= 11 is 0. The van der Waals surface area contributed by atoms with Crippen LogP contribution in [0.25, 0.3) is 0 Å². The number of likely N-dealkylation sites (tertiary alicyclic amines) is 1. The van der Waals surface area contributed by atoms with Gasteiger partial charge in [0.1, 0.15) is 5.75 Å². The largest absolute Gasteiger partial charge is 0.496 e. The molecular formula is C22H35N3O4. The van der Waals surface area contributed by atoms with Crippen molar-refractivity contribution in [2.75, 3.05) is 72.7 Å². The molecule has 2 saturated heterocycles. The topological polar surface area (TPSA) is 57.6 Å². The van der Waals surface area contributed by atoms with Gasteiger partial charge in [0.25, 0.3) is 0 Å². The molecule has 3 heterocycles. The number of aliphatic hydroxyl groups is 1. The van der Waals surface area contributed by atoms with E-state index in [2.05, 4.69) is 20.8 Å². The van der Waals surface area contributed by atoms with Crippen LogP contribution in [0.4, 0.5) is 0 Å². The fourth-order valence-electron chi connectivity index (χ4n) is 4.72. The van der Waals surface area contributed by atoms with E-state index in [1.54, 1.807) is 7.11 Å². The number of hydrogen-bond acceptors (Lipinski definition) is 7. The van der Waals surface area contributed by atoms with Gasteiger partial charge in [-0.05, 0) is 32.0 Å². The molecule has 0 aromatic heterocycles. The summed E-state index contributed by atoms with van der Waals surface area (Å²) in [6.07, 6.45) is 3.34. The van der Waals surface area contributed by atoms with Gasteiger partial charge >= 0.3 is 0 Å². The minimum absolute atomic E-state index is 0.266.